The van der Waals surface area contributed by atoms with E-state index >= 15 is 0 Å². The van der Waals surface area contributed by atoms with Crippen molar-refractivity contribution >= 4 is 26.2 Å². The van der Waals surface area contributed by atoms with Gasteiger partial charge in [0.2, 0.25) is 0 Å². The molecule has 0 aromatic rings. The van der Waals surface area contributed by atoms with Crippen LogP contribution in [0.25, 0.3) is 0 Å². The van der Waals surface area contributed by atoms with Crippen LogP contribution in [0.15, 0.2) is 34.9 Å². The average molecular weight is 258 g/mol. The van der Waals surface area contributed by atoms with Crippen LogP contribution in [0.4, 0.5) is 0 Å². The molecule has 0 bridgehead atoms. The number of carbonyl (C=O) groups excluding carboxylic acids is 4. The molecule has 6 radical (unpaired) electrons. The van der Waals surface area contributed by atoms with E-state index in [-0.39, 0.29) is 5.78 Å². The van der Waals surface area contributed by atoms with Crippen LogP contribution in [0.5, 0.6) is 0 Å². The standard InChI is InChI=1S/C8H7O.3CO.Mn/c1-2-8(9)7-5-3-4-6-7;3*1-2;/h2-3,5H,1,4H2;;;;. The Bertz CT molecular complexity index is 277. The molecule has 1 aliphatic rings. The zero-order valence-electron chi connectivity index (χ0n) is 8.16. The minimum Gasteiger partial charge on any atom is -0.281 e. The second kappa shape index (κ2) is 15.9. The summed E-state index contributed by atoms with van der Waals surface area (Å²) in [5.41, 5.74) is 0.731. The van der Waals surface area contributed by atoms with Crippen molar-refractivity contribution in [3.8, 4) is 0 Å². The fourth-order valence-electron chi connectivity index (χ4n) is 0.806. The number of hydrogen-bond acceptors (Lipinski definition) is 4. The Hall–Kier alpha value is -1.58. The van der Waals surface area contributed by atoms with Gasteiger partial charge in [0.1, 0.15) is 0 Å². The van der Waals surface area contributed by atoms with Gasteiger partial charge in [0.15, 0.2) is 0 Å². The van der Waals surface area contributed by atoms with Gasteiger partial charge in [0.05, 0.1) is 0 Å². The molecule has 0 saturated heterocycles. The van der Waals surface area contributed by atoms with E-state index < -0.39 is 0 Å². The van der Waals surface area contributed by atoms with Crippen LogP contribution in [-0.4, -0.2) is 26.2 Å². The molecule has 16 heavy (non-hydrogen) atoms. The van der Waals surface area contributed by atoms with E-state index in [1.165, 1.54) is 6.08 Å². The summed E-state index contributed by atoms with van der Waals surface area (Å²) in [5, 5.41) is 0. The quantitative estimate of drug-likeness (QED) is 0.528. The molecule has 0 fully saturated rings. The molecule has 5 heteroatoms. The largest absolute Gasteiger partial charge is 0.281 e. The zero-order valence-corrected chi connectivity index (χ0v) is 9.34. The van der Waals surface area contributed by atoms with Crippen molar-refractivity contribution in [3.05, 3.63) is 34.9 Å². The third-order valence-corrected chi connectivity index (χ3v) is 1.88. The second-order valence-electron chi connectivity index (χ2n) is 1.99. The predicted molar refractivity (Wildman–Crippen MR) is 53.1 cm³/mol. The summed E-state index contributed by atoms with van der Waals surface area (Å²) in [5.74, 6) is -0.0133. The van der Waals surface area contributed by atoms with Gasteiger partial charge in [0.25, 0.3) is 20.4 Å². The molecule has 0 unspecified atom stereocenters. The van der Waals surface area contributed by atoms with Crippen molar-refractivity contribution in [2.45, 2.75) is 6.42 Å². The molecular weight excluding hydrogens is 251 g/mol. The van der Waals surface area contributed by atoms with Gasteiger partial charge in [-0.1, -0.05) is 0 Å². The van der Waals surface area contributed by atoms with Crippen molar-refractivity contribution in [2.75, 3.05) is 0 Å². The molecular formula is C11H7MnO4. The topological polar surface area (TPSA) is 68.3 Å². The van der Waals surface area contributed by atoms with Crippen molar-refractivity contribution < 1.29 is 35.2 Å². The first-order chi connectivity index (χ1) is 7.75. The molecule has 0 amide bonds. The van der Waals surface area contributed by atoms with Crippen LogP contribution in [-0.2, 0) is 35.2 Å². The smallest absolute Gasteiger partial charge is 0.281 e. The molecule has 0 heterocycles. The normalized spacial score (nSPS) is 10.8. The van der Waals surface area contributed by atoms with Crippen LogP contribution < -0.4 is 0 Å². The van der Waals surface area contributed by atoms with Crippen LogP contribution in [0.2, 0.25) is 0 Å². The summed E-state index contributed by atoms with van der Waals surface area (Å²) in [6.07, 6.45) is 5.91. The van der Waals surface area contributed by atoms with Gasteiger partial charge in [-0.25, -0.2) is 0 Å². The fraction of sp³-hybridized carbons (Fsp3) is 0.0909. The third-order valence-electron chi connectivity index (χ3n) is 1.32. The van der Waals surface area contributed by atoms with Crippen LogP contribution in [0, 0.1) is 0 Å². The van der Waals surface area contributed by atoms with E-state index in [4.69, 9.17) is 14.4 Å². The Morgan fingerprint density at radius 1 is 1.25 bits per heavy atom. The van der Waals surface area contributed by atoms with E-state index in [0.717, 1.165) is 16.5 Å². The van der Waals surface area contributed by atoms with E-state index in [1.54, 1.807) is 0 Å². The Morgan fingerprint density at radius 3 is 1.94 bits per heavy atom. The molecule has 0 aromatic carbocycles. The molecule has 1 rings (SSSR count). The second-order valence-corrected chi connectivity index (χ2v) is 2.71. The number of allylic oxidation sites excluding steroid dienone is 5. The summed E-state index contributed by atoms with van der Waals surface area (Å²) in [6, 6.07) is 0. The Balaban J connectivity index is -0.000000245. The van der Waals surface area contributed by atoms with Crippen LogP contribution in [0.1, 0.15) is 6.42 Å². The molecule has 0 saturated carbocycles. The van der Waals surface area contributed by atoms with Gasteiger partial charge < -0.3 is 0 Å². The van der Waals surface area contributed by atoms with Crippen molar-refractivity contribution in [2.24, 2.45) is 0 Å². The summed E-state index contributed by atoms with van der Waals surface area (Å²) >= 11 is 3.29. The van der Waals surface area contributed by atoms with Crippen molar-refractivity contribution in [1.82, 2.24) is 0 Å². The maximum atomic E-state index is 11.0. The minimum absolute atomic E-state index is 0.0133. The molecule has 0 atom stereocenters. The summed E-state index contributed by atoms with van der Waals surface area (Å²) in [7, 11) is 0. The van der Waals surface area contributed by atoms with Gasteiger partial charge in [-0.2, -0.15) is 0 Å². The van der Waals surface area contributed by atoms with Gasteiger partial charge in [0, 0.05) is 0 Å². The van der Waals surface area contributed by atoms with Crippen LogP contribution >= 0.6 is 0 Å². The number of rotatable bonds is 2. The Labute approximate surface area is 103 Å². The third kappa shape index (κ3) is 7.79. The number of ketones is 1. The summed E-state index contributed by atoms with van der Waals surface area (Å²) in [6.45, 7) is 16.9. The van der Waals surface area contributed by atoms with E-state index in [1.807, 2.05) is 12.2 Å². The van der Waals surface area contributed by atoms with Crippen molar-refractivity contribution in [3.63, 3.8) is 0 Å². The fourth-order valence-corrected chi connectivity index (χ4v) is 1.19. The van der Waals surface area contributed by atoms with Gasteiger partial charge in [-0.15, -0.1) is 0 Å². The van der Waals surface area contributed by atoms with E-state index in [2.05, 4.69) is 43.0 Å². The van der Waals surface area contributed by atoms with Crippen LogP contribution in [0.3, 0.4) is 0 Å². The molecule has 0 aromatic heterocycles. The summed E-state index contributed by atoms with van der Waals surface area (Å²) < 4.78 is 0.956. The zero-order chi connectivity index (χ0) is 13.6. The molecule has 82 valence electrons. The predicted octanol–water partition coefficient (Wildman–Crippen LogP) is 0.311. The SMILES string of the molecule is C=CC(=O)C1=[C]([Mn])CC=C1.[C]=O.[C]=O.[C]=O. The van der Waals surface area contributed by atoms with Gasteiger partial charge in [-0.05, 0) is 0 Å². The van der Waals surface area contributed by atoms with Crippen molar-refractivity contribution in [1.29, 1.82) is 0 Å². The number of carbonyl (C=O) groups is 1. The Morgan fingerprint density at radius 2 is 1.69 bits per heavy atom. The molecule has 4 nitrogen and oxygen atoms in total. The maximum Gasteiger partial charge on any atom is 0.281 e. The minimum atomic E-state index is -0.0133. The van der Waals surface area contributed by atoms with Gasteiger partial charge >= 0.3 is 67.9 Å². The summed E-state index contributed by atoms with van der Waals surface area (Å²) in [4.78, 5) is 33.5. The average Bonchev–Trinajstić information content (AvgIpc) is 2.82. The number of hydrogen-bond donors (Lipinski definition) is 0. The van der Waals surface area contributed by atoms with Gasteiger partial charge in [-0.3, -0.25) is 14.4 Å². The first kappa shape index (κ1) is 19.9. The first-order valence-electron chi connectivity index (χ1n) is 3.59. The monoisotopic (exact) mass is 258 g/mol. The Kier molecular flexibility index (Phi) is 19.8. The van der Waals surface area contributed by atoms with E-state index in [0.29, 0.717) is 0 Å². The molecule has 0 spiro atoms. The molecule has 0 N–H and O–H groups in total. The first-order valence-corrected chi connectivity index (χ1v) is 4.18. The molecule has 0 aliphatic heterocycles. The maximum absolute atomic E-state index is 11.0. The van der Waals surface area contributed by atoms with E-state index in [9.17, 15) is 4.79 Å². The molecule has 1 aliphatic carbocycles.